The van der Waals surface area contributed by atoms with Gasteiger partial charge < -0.3 is 10.1 Å². The number of hydrogen-bond acceptors (Lipinski definition) is 5. The Labute approximate surface area is 181 Å². The smallest absolute Gasteiger partial charge is 0.422 e. The summed E-state index contributed by atoms with van der Waals surface area (Å²) in [6.45, 7) is 0.998. The van der Waals surface area contributed by atoms with Crippen LogP contribution in [0.4, 0.5) is 13.2 Å². The number of carbonyl (C=O) groups is 1. The number of pyridine rings is 1. The first-order chi connectivity index (χ1) is 14.7. The number of aryl methyl sites for hydroxylation is 1. The van der Waals surface area contributed by atoms with Crippen LogP contribution in [-0.4, -0.2) is 38.4 Å². The highest BCUT2D eigenvalue weighted by Gasteiger charge is 2.28. The van der Waals surface area contributed by atoms with E-state index in [0.717, 1.165) is 11.1 Å². The number of amides is 1. The van der Waals surface area contributed by atoms with E-state index >= 15 is 0 Å². The molecule has 0 aliphatic rings. The Bertz CT molecular complexity index is 1110. The maximum absolute atomic E-state index is 12.3. The minimum atomic E-state index is -4.45. The maximum atomic E-state index is 12.3. The molecule has 3 aromatic rings. The fraction of sp³-hybridized carbons (Fsp3) is 0.300. The Morgan fingerprint density at radius 2 is 2.10 bits per heavy atom. The Hall–Kier alpha value is -3.21. The van der Waals surface area contributed by atoms with Crippen molar-refractivity contribution in [3.63, 3.8) is 0 Å². The first kappa shape index (κ1) is 22.5. The van der Waals surface area contributed by atoms with Crippen molar-refractivity contribution in [2.75, 3.05) is 6.61 Å². The second-order valence-electron chi connectivity index (χ2n) is 6.81. The topological polar surface area (TPSA) is 84.8 Å². The van der Waals surface area contributed by atoms with Gasteiger partial charge in [-0.1, -0.05) is 23.8 Å². The van der Waals surface area contributed by atoms with E-state index in [-0.39, 0.29) is 24.8 Å². The summed E-state index contributed by atoms with van der Waals surface area (Å²) in [5.74, 6) is 0.242. The molecule has 1 aromatic carbocycles. The van der Waals surface area contributed by atoms with Gasteiger partial charge in [-0.05, 0) is 36.8 Å². The van der Waals surface area contributed by atoms with Gasteiger partial charge in [-0.2, -0.15) is 18.3 Å². The summed E-state index contributed by atoms with van der Waals surface area (Å²) in [4.78, 5) is 16.0. The first-order valence-corrected chi connectivity index (χ1v) is 9.75. The summed E-state index contributed by atoms with van der Waals surface area (Å²) in [6, 6.07) is 10.7. The number of rotatable bonds is 8. The molecule has 2 N–H and O–H groups in total. The largest absolute Gasteiger partial charge is 0.468 e. The van der Waals surface area contributed by atoms with Crippen LogP contribution in [0, 0.1) is 11.7 Å². The molecule has 164 valence electrons. The maximum Gasteiger partial charge on any atom is 0.422 e. The average Bonchev–Trinajstić information content (AvgIpc) is 3.09. The molecule has 31 heavy (non-hydrogen) atoms. The minimum absolute atomic E-state index is 0.130. The summed E-state index contributed by atoms with van der Waals surface area (Å²) < 4.78 is 43.5. The van der Waals surface area contributed by atoms with Crippen LogP contribution >= 0.6 is 12.2 Å². The Morgan fingerprint density at radius 3 is 2.84 bits per heavy atom. The molecular weight excluding hydrogens is 431 g/mol. The van der Waals surface area contributed by atoms with Gasteiger partial charge in [-0.3, -0.25) is 14.5 Å². The van der Waals surface area contributed by atoms with Crippen molar-refractivity contribution in [2.24, 2.45) is 0 Å². The van der Waals surface area contributed by atoms with Crippen LogP contribution in [0.25, 0.3) is 11.4 Å². The summed E-state index contributed by atoms with van der Waals surface area (Å²) in [6.07, 6.45) is -2.97. The number of halogens is 3. The number of carbonyl (C=O) groups excluding carboxylic acids is 1. The molecule has 0 radical (unpaired) electrons. The van der Waals surface area contributed by atoms with E-state index in [1.54, 1.807) is 10.6 Å². The van der Waals surface area contributed by atoms with Gasteiger partial charge in [0.15, 0.2) is 17.2 Å². The molecule has 0 fully saturated rings. The van der Waals surface area contributed by atoms with Gasteiger partial charge in [0.05, 0.1) is 0 Å². The number of nitrogens with zero attached hydrogens (tertiary/aromatic N) is 3. The molecule has 3 rings (SSSR count). The molecule has 11 heteroatoms. The summed E-state index contributed by atoms with van der Waals surface area (Å²) in [5.41, 5.74) is 2.53. The van der Waals surface area contributed by atoms with Crippen molar-refractivity contribution < 1.29 is 22.7 Å². The van der Waals surface area contributed by atoms with E-state index in [4.69, 9.17) is 12.2 Å². The third-order valence-electron chi connectivity index (χ3n) is 4.27. The lowest BCUT2D eigenvalue weighted by molar-refractivity contribution is -0.154. The van der Waals surface area contributed by atoms with Gasteiger partial charge in [0.2, 0.25) is 11.8 Å². The molecule has 0 atom stereocenters. The SMILES string of the molecule is Cc1cccc(-c2n[nH]c(=S)n2CCC(=O)NCc2ccnc(OCC(F)(F)F)c2)c1. The molecule has 0 aliphatic heterocycles. The second-order valence-corrected chi connectivity index (χ2v) is 7.19. The van der Waals surface area contributed by atoms with Crippen molar-refractivity contribution >= 4 is 18.1 Å². The number of nitrogens with one attached hydrogen (secondary N) is 2. The second kappa shape index (κ2) is 9.73. The highest BCUT2D eigenvalue weighted by molar-refractivity contribution is 7.71. The van der Waals surface area contributed by atoms with Crippen molar-refractivity contribution in [1.29, 1.82) is 0 Å². The molecular formula is C20H20F3N5O2S. The number of alkyl halides is 3. The van der Waals surface area contributed by atoms with Gasteiger partial charge in [-0.25, -0.2) is 4.98 Å². The normalized spacial score (nSPS) is 11.4. The summed E-state index contributed by atoms with van der Waals surface area (Å²) in [7, 11) is 0. The van der Waals surface area contributed by atoms with E-state index < -0.39 is 12.8 Å². The van der Waals surface area contributed by atoms with Crippen molar-refractivity contribution in [3.05, 3.63) is 58.5 Å². The molecule has 0 saturated carbocycles. The average molecular weight is 451 g/mol. The van der Waals surface area contributed by atoms with Crippen LogP contribution in [0.1, 0.15) is 17.5 Å². The number of ether oxygens (including phenoxy) is 1. The van der Waals surface area contributed by atoms with Crippen LogP contribution in [-0.2, 0) is 17.9 Å². The number of H-pyrrole nitrogens is 1. The van der Waals surface area contributed by atoms with E-state index in [2.05, 4.69) is 25.2 Å². The van der Waals surface area contributed by atoms with E-state index in [9.17, 15) is 18.0 Å². The van der Waals surface area contributed by atoms with E-state index in [1.165, 1.54) is 12.3 Å². The zero-order chi connectivity index (χ0) is 22.4. The molecule has 2 aromatic heterocycles. The minimum Gasteiger partial charge on any atom is -0.468 e. The summed E-state index contributed by atoms with van der Waals surface area (Å²) >= 11 is 5.28. The van der Waals surface area contributed by atoms with Crippen molar-refractivity contribution in [2.45, 2.75) is 32.6 Å². The lowest BCUT2D eigenvalue weighted by Gasteiger charge is -2.10. The highest BCUT2D eigenvalue weighted by Crippen LogP contribution is 2.19. The quantitative estimate of drug-likeness (QED) is 0.507. The molecule has 0 saturated heterocycles. The number of aromatic nitrogens is 4. The van der Waals surface area contributed by atoms with Crippen molar-refractivity contribution in [1.82, 2.24) is 25.1 Å². The molecule has 0 aliphatic carbocycles. The molecule has 2 heterocycles. The molecule has 1 amide bonds. The van der Waals surface area contributed by atoms with Gasteiger partial charge in [0, 0.05) is 37.3 Å². The Kier molecular flexibility index (Phi) is 7.06. The molecule has 0 unspecified atom stereocenters. The van der Waals surface area contributed by atoms with Crippen LogP contribution < -0.4 is 10.1 Å². The number of aromatic amines is 1. The Balaban J connectivity index is 1.56. The van der Waals surface area contributed by atoms with Gasteiger partial charge in [-0.15, -0.1) is 0 Å². The molecule has 0 bridgehead atoms. The predicted octanol–water partition coefficient (Wildman–Crippen LogP) is 3.96. The molecule has 0 spiro atoms. The fourth-order valence-electron chi connectivity index (χ4n) is 2.83. The van der Waals surface area contributed by atoms with Gasteiger partial charge in [0.1, 0.15) is 0 Å². The first-order valence-electron chi connectivity index (χ1n) is 9.35. The van der Waals surface area contributed by atoms with Crippen LogP contribution in [0.5, 0.6) is 5.88 Å². The van der Waals surface area contributed by atoms with Crippen LogP contribution in [0.2, 0.25) is 0 Å². The van der Waals surface area contributed by atoms with Gasteiger partial charge in [0.25, 0.3) is 0 Å². The van der Waals surface area contributed by atoms with E-state index in [0.29, 0.717) is 22.7 Å². The third-order valence-corrected chi connectivity index (χ3v) is 4.58. The lowest BCUT2D eigenvalue weighted by atomic mass is 10.1. The summed E-state index contributed by atoms with van der Waals surface area (Å²) in [5, 5.41) is 9.73. The molecule has 7 nitrogen and oxygen atoms in total. The zero-order valence-corrected chi connectivity index (χ0v) is 17.4. The van der Waals surface area contributed by atoms with Crippen LogP contribution in [0.15, 0.2) is 42.6 Å². The Morgan fingerprint density at radius 1 is 1.29 bits per heavy atom. The number of hydrogen-bond donors (Lipinski definition) is 2. The number of benzene rings is 1. The predicted molar refractivity (Wildman–Crippen MR) is 110 cm³/mol. The van der Waals surface area contributed by atoms with Crippen molar-refractivity contribution in [3.8, 4) is 17.3 Å². The highest BCUT2D eigenvalue weighted by atomic mass is 32.1. The van der Waals surface area contributed by atoms with Gasteiger partial charge >= 0.3 is 6.18 Å². The van der Waals surface area contributed by atoms with E-state index in [1.807, 2.05) is 31.2 Å². The lowest BCUT2D eigenvalue weighted by Crippen LogP contribution is -2.24. The zero-order valence-electron chi connectivity index (χ0n) is 16.6. The third kappa shape index (κ3) is 6.64. The monoisotopic (exact) mass is 451 g/mol. The fourth-order valence-corrected chi connectivity index (χ4v) is 3.05. The van der Waals surface area contributed by atoms with Crippen LogP contribution in [0.3, 0.4) is 0 Å². The standard InChI is InChI=1S/C20H20F3N5O2S/c1-13-3-2-4-15(9-13)18-26-27-19(31)28(18)8-6-16(29)25-11-14-5-7-24-17(10-14)30-12-20(21,22)23/h2-5,7,9-10H,6,8,11-12H2,1H3,(H,25,29)(H,27,31).